The molecule has 0 aliphatic rings. The molecular weight excluding hydrogens is 178 g/mol. The van der Waals surface area contributed by atoms with Crippen LogP contribution in [0.5, 0.6) is 0 Å². The molecule has 2 N–H and O–H groups in total. The summed E-state index contributed by atoms with van der Waals surface area (Å²) < 4.78 is 0. The number of aliphatic hydroxyl groups is 1. The van der Waals surface area contributed by atoms with Gasteiger partial charge in [-0.15, -0.1) is 0 Å². The lowest BCUT2D eigenvalue weighted by atomic mass is 10.4. The summed E-state index contributed by atoms with van der Waals surface area (Å²) in [6.07, 6.45) is 7.19. The third-order valence-corrected chi connectivity index (χ3v) is 1.74. The number of aromatic amines is 1. The first-order chi connectivity index (χ1) is 6.88. The van der Waals surface area contributed by atoms with E-state index >= 15 is 0 Å². The number of unbranched alkanes of at least 4 members (excludes halogenated alkanes) is 1. The Morgan fingerprint density at radius 3 is 2.93 bits per heavy atom. The second-order valence-corrected chi connectivity index (χ2v) is 2.88. The average molecular weight is 193 g/mol. The lowest BCUT2D eigenvalue weighted by Gasteiger charge is -1.81. The van der Waals surface area contributed by atoms with Crippen LogP contribution in [0.25, 0.3) is 11.0 Å². The highest BCUT2D eigenvalue weighted by molar-refractivity contribution is 5.73. The Morgan fingerprint density at radius 1 is 1.50 bits per heavy atom. The van der Waals surface area contributed by atoms with Gasteiger partial charge in [-0.1, -0.05) is 13.3 Å². The van der Waals surface area contributed by atoms with Crippen molar-refractivity contribution in [1.82, 2.24) is 15.0 Å². The standard InChI is InChI=1S/C6H5N3.C4H10O/c1-2-8-6-5(1)3-7-4-9-6;1-2-3-4-5/h1-4H,(H,7,8,9);5H,2-4H2,1H3. The Hall–Kier alpha value is -1.42. The fourth-order valence-corrected chi connectivity index (χ4v) is 0.951. The summed E-state index contributed by atoms with van der Waals surface area (Å²) in [6.45, 7) is 2.40. The highest BCUT2D eigenvalue weighted by Gasteiger charge is 1.89. The predicted octanol–water partition coefficient (Wildman–Crippen LogP) is 1.74. The molecule has 76 valence electrons. The van der Waals surface area contributed by atoms with Crippen LogP contribution in [0, 0.1) is 0 Å². The van der Waals surface area contributed by atoms with E-state index in [1.165, 1.54) is 6.33 Å². The highest BCUT2D eigenvalue weighted by Crippen LogP contribution is 2.03. The van der Waals surface area contributed by atoms with Gasteiger partial charge in [-0.3, -0.25) is 0 Å². The van der Waals surface area contributed by atoms with Gasteiger partial charge in [-0.05, 0) is 12.5 Å². The van der Waals surface area contributed by atoms with E-state index in [-0.39, 0.29) is 0 Å². The van der Waals surface area contributed by atoms with Crippen LogP contribution in [0.15, 0.2) is 24.8 Å². The maximum Gasteiger partial charge on any atom is 0.140 e. The van der Waals surface area contributed by atoms with Crippen LogP contribution in [0.4, 0.5) is 0 Å². The van der Waals surface area contributed by atoms with Crippen LogP contribution in [0.1, 0.15) is 19.8 Å². The van der Waals surface area contributed by atoms with E-state index < -0.39 is 0 Å². The molecule has 0 aliphatic carbocycles. The molecule has 2 rings (SSSR count). The van der Waals surface area contributed by atoms with Crippen molar-refractivity contribution >= 4 is 11.0 Å². The van der Waals surface area contributed by atoms with Crippen molar-refractivity contribution in [2.45, 2.75) is 19.8 Å². The van der Waals surface area contributed by atoms with E-state index in [4.69, 9.17) is 5.11 Å². The van der Waals surface area contributed by atoms with E-state index in [0.717, 1.165) is 23.9 Å². The quantitative estimate of drug-likeness (QED) is 0.763. The van der Waals surface area contributed by atoms with Crippen LogP contribution >= 0.6 is 0 Å². The first kappa shape index (κ1) is 10.7. The zero-order chi connectivity index (χ0) is 10.2. The van der Waals surface area contributed by atoms with Gasteiger partial charge in [-0.25, -0.2) is 9.97 Å². The molecule has 2 heterocycles. The number of H-pyrrole nitrogens is 1. The van der Waals surface area contributed by atoms with E-state index in [0.29, 0.717) is 6.61 Å². The molecule has 0 atom stereocenters. The number of hydrogen-bond donors (Lipinski definition) is 2. The molecule has 0 saturated heterocycles. The number of aromatic nitrogens is 3. The number of rotatable bonds is 2. The van der Waals surface area contributed by atoms with Crippen molar-refractivity contribution in [1.29, 1.82) is 0 Å². The molecule has 0 amide bonds. The number of aliphatic hydroxyl groups excluding tert-OH is 1. The second kappa shape index (κ2) is 6.10. The molecule has 2 aromatic rings. The molecule has 0 bridgehead atoms. The third-order valence-electron chi connectivity index (χ3n) is 1.74. The SMILES string of the molecule is CCCCO.c1ncc2cc[nH]c2n1. The number of nitrogens with zero attached hydrogens (tertiary/aromatic N) is 2. The Labute approximate surface area is 83.0 Å². The highest BCUT2D eigenvalue weighted by atomic mass is 16.2. The van der Waals surface area contributed by atoms with E-state index in [1.807, 2.05) is 12.3 Å². The Morgan fingerprint density at radius 2 is 2.36 bits per heavy atom. The van der Waals surface area contributed by atoms with Crippen molar-refractivity contribution in [3.63, 3.8) is 0 Å². The van der Waals surface area contributed by atoms with E-state index in [2.05, 4.69) is 21.9 Å². The second-order valence-electron chi connectivity index (χ2n) is 2.88. The Bertz CT molecular complexity index is 327. The maximum absolute atomic E-state index is 8.07. The van der Waals surface area contributed by atoms with Gasteiger partial charge in [0.15, 0.2) is 0 Å². The normalized spacial score (nSPS) is 9.57. The minimum Gasteiger partial charge on any atom is -0.396 e. The number of fused-ring (bicyclic) bond motifs is 1. The van der Waals surface area contributed by atoms with Crippen LogP contribution in [-0.4, -0.2) is 26.7 Å². The lowest BCUT2D eigenvalue weighted by Crippen LogP contribution is -1.75. The summed E-state index contributed by atoms with van der Waals surface area (Å²) in [4.78, 5) is 10.8. The molecule has 0 radical (unpaired) electrons. The summed E-state index contributed by atoms with van der Waals surface area (Å²) in [5.74, 6) is 0. The van der Waals surface area contributed by atoms with Crippen molar-refractivity contribution in [3.8, 4) is 0 Å². The van der Waals surface area contributed by atoms with Gasteiger partial charge in [0, 0.05) is 24.4 Å². The van der Waals surface area contributed by atoms with E-state index in [1.54, 1.807) is 6.20 Å². The fourth-order valence-electron chi connectivity index (χ4n) is 0.951. The summed E-state index contributed by atoms with van der Waals surface area (Å²) in [5.41, 5.74) is 0.894. The van der Waals surface area contributed by atoms with E-state index in [9.17, 15) is 0 Å². The molecule has 4 heteroatoms. The molecule has 0 aliphatic heterocycles. The average Bonchev–Trinajstić information content (AvgIpc) is 2.67. The zero-order valence-electron chi connectivity index (χ0n) is 8.27. The summed E-state index contributed by atoms with van der Waals surface area (Å²) in [5, 5.41) is 9.12. The Balaban J connectivity index is 0.000000171. The minimum absolute atomic E-state index is 0.344. The zero-order valence-corrected chi connectivity index (χ0v) is 8.27. The molecule has 2 aromatic heterocycles. The van der Waals surface area contributed by atoms with Crippen LogP contribution in [0.3, 0.4) is 0 Å². The largest absolute Gasteiger partial charge is 0.396 e. The summed E-state index contributed by atoms with van der Waals surface area (Å²) in [6, 6.07) is 1.94. The molecule has 0 saturated carbocycles. The minimum atomic E-state index is 0.344. The third kappa shape index (κ3) is 3.14. The van der Waals surface area contributed by atoms with Crippen molar-refractivity contribution < 1.29 is 5.11 Å². The van der Waals surface area contributed by atoms with Crippen molar-refractivity contribution in [3.05, 3.63) is 24.8 Å². The van der Waals surface area contributed by atoms with Gasteiger partial charge in [0.25, 0.3) is 0 Å². The van der Waals surface area contributed by atoms with Gasteiger partial charge in [0.1, 0.15) is 12.0 Å². The number of hydrogen-bond acceptors (Lipinski definition) is 3. The molecular formula is C10H15N3O. The molecule has 14 heavy (non-hydrogen) atoms. The van der Waals surface area contributed by atoms with Gasteiger partial charge in [0.05, 0.1) is 0 Å². The molecule has 0 fully saturated rings. The van der Waals surface area contributed by atoms with Crippen LogP contribution in [0.2, 0.25) is 0 Å². The molecule has 0 aromatic carbocycles. The van der Waals surface area contributed by atoms with Crippen LogP contribution < -0.4 is 0 Å². The lowest BCUT2D eigenvalue weighted by molar-refractivity contribution is 0.287. The molecule has 0 unspecified atom stereocenters. The van der Waals surface area contributed by atoms with Crippen molar-refractivity contribution in [2.75, 3.05) is 6.61 Å². The topological polar surface area (TPSA) is 61.8 Å². The van der Waals surface area contributed by atoms with Crippen molar-refractivity contribution in [2.24, 2.45) is 0 Å². The van der Waals surface area contributed by atoms with Crippen LogP contribution in [-0.2, 0) is 0 Å². The first-order valence-corrected chi connectivity index (χ1v) is 4.72. The molecule has 0 spiro atoms. The monoisotopic (exact) mass is 193 g/mol. The predicted molar refractivity (Wildman–Crippen MR) is 55.9 cm³/mol. The molecule has 4 nitrogen and oxygen atoms in total. The number of nitrogens with one attached hydrogen (secondary N) is 1. The summed E-state index contributed by atoms with van der Waals surface area (Å²) in [7, 11) is 0. The van der Waals surface area contributed by atoms with Gasteiger partial charge in [-0.2, -0.15) is 0 Å². The smallest absolute Gasteiger partial charge is 0.140 e. The Kier molecular flexibility index (Phi) is 4.64. The first-order valence-electron chi connectivity index (χ1n) is 4.72. The van der Waals surface area contributed by atoms with Gasteiger partial charge in [0.2, 0.25) is 0 Å². The summed E-state index contributed by atoms with van der Waals surface area (Å²) >= 11 is 0. The van der Waals surface area contributed by atoms with Gasteiger partial charge < -0.3 is 10.1 Å². The maximum atomic E-state index is 8.07. The fraction of sp³-hybridized carbons (Fsp3) is 0.400. The van der Waals surface area contributed by atoms with Gasteiger partial charge >= 0.3 is 0 Å².